The van der Waals surface area contributed by atoms with Crippen LogP contribution in [-0.2, 0) is 24.4 Å². The van der Waals surface area contributed by atoms with Gasteiger partial charge >= 0.3 is 0 Å². The maximum absolute atomic E-state index is 12.7. The van der Waals surface area contributed by atoms with Crippen molar-refractivity contribution >= 4 is 16.8 Å². The minimum Gasteiger partial charge on any atom is -0.491 e. The summed E-state index contributed by atoms with van der Waals surface area (Å²) in [5.74, 6) is 0.960. The second-order valence-electron chi connectivity index (χ2n) is 6.98. The number of hydrogen-bond donors (Lipinski definition) is 2. The van der Waals surface area contributed by atoms with Crippen LogP contribution < -0.4 is 4.74 Å². The van der Waals surface area contributed by atoms with Crippen molar-refractivity contribution in [1.82, 2.24) is 9.88 Å². The van der Waals surface area contributed by atoms with E-state index in [2.05, 4.69) is 17.1 Å². The Morgan fingerprint density at radius 2 is 2.11 bits per heavy atom. The molecule has 1 aromatic heterocycles. The van der Waals surface area contributed by atoms with E-state index >= 15 is 0 Å². The lowest BCUT2D eigenvalue weighted by atomic mass is 10.1. The van der Waals surface area contributed by atoms with Crippen LogP contribution >= 0.6 is 0 Å². The monoisotopic (exact) mass is 364 g/mol. The topological polar surface area (TPSA) is 65.6 Å². The molecule has 0 aliphatic carbocycles. The lowest BCUT2D eigenvalue weighted by molar-refractivity contribution is -0.132. The Hall–Kier alpha value is -2.79. The minimum atomic E-state index is -0.00809. The van der Waals surface area contributed by atoms with E-state index in [-0.39, 0.29) is 12.5 Å². The van der Waals surface area contributed by atoms with E-state index < -0.39 is 0 Å². The van der Waals surface area contributed by atoms with E-state index in [1.54, 1.807) is 0 Å². The predicted molar refractivity (Wildman–Crippen MR) is 105 cm³/mol. The van der Waals surface area contributed by atoms with E-state index in [0.29, 0.717) is 26.1 Å². The Bertz CT molecular complexity index is 948. The lowest BCUT2D eigenvalue weighted by Crippen LogP contribution is -2.32. The molecule has 1 amide bonds. The number of carbonyl (C=O) groups excluding carboxylic acids is 1. The summed E-state index contributed by atoms with van der Waals surface area (Å²) in [5, 5.41) is 10.6. The number of aliphatic hydroxyl groups excluding tert-OH is 1. The maximum Gasteiger partial charge on any atom is 0.222 e. The molecule has 1 aliphatic heterocycles. The molecule has 5 heteroatoms. The van der Waals surface area contributed by atoms with Gasteiger partial charge in [0.1, 0.15) is 12.4 Å². The predicted octanol–water partition coefficient (Wildman–Crippen LogP) is 3.40. The van der Waals surface area contributed by atoms with E-state index in [9.17, 15) is 9.90 Å². The summed E-state index contributed by atoms with van der Waals surface area (Å²) in [6.07, 6.45) is 4.27. The third-order valence-electron chi connectivity index (χ3n) is 5.15. The van der Waals surface area contributed by atoms with Gasteiger partial charge in [-0.1, -0.05) is 24.3 Å². The van der Waals surface area contributed by atoms with Gasteiger partial charge < -0.3 is 19.7 Å². The lowest BCUT2D eigenvalue weighted by Gasteiger charge is -2.20. The number of carbonyl (C=O) groups is 1. The molecule has 140 valence electrons. The Balaban J connectivity index is 1.37. The molecule has 0 unspecified atom stereocenters. The molecule has 2 N–H and O–H groups in total. The van der Waals surface area contributed by atoms with Gasteiger partial charge in [0.25, 0.3) is 0 Å². The Morgan fingerprint density at radius 1 is 1.22 bits per heavy atom. The number of nitrogens with zero attached hydrogens (tertiary/aromatic N) is 1. The first-order chi connectivity index (χ1) is 13.2. The van der Waals surface area contributed by atoms with Crippen molar-refractivity contribution in [3.63, 3.8) is 0 Å². The number of aryl methyl sites for hydroxylation is 1. The quantitative estimate of drug-likeness (QED) is 0.729. The fourth-order valence-corrected chi connectivity index (χ4v) is 3.69. The van der Waals surface area contributed by atoms with E-state index in [4.69, 9.17) is 4.74 Å². The Morgan fingerprint density at radius 3 is 3.00 bits per heavy atom. The Kier molecular flexibility index (Phi) is 5.12. The number of para-hydroxylation sites is 1. The molecule has 0 atom stereocenters. The molecule has 0 saturated carbocycles. The third kappa shape index (κ3) is 3.83. The second kappa shape index (κ2) is 7.84. The van der Waals surface area contributed by atoms with Crippen molar-refractivity contribution in [3.05, 3.63) is 65.4 Å². The van der Waals surface area contributed by atoms with E-state index in [0.717, 1.165) is 35.2 Å². The highest BCUT2D eigenvalue weighted by atomic mass is 16.5. The molecule has 0 radical (unpaired) electrons. The van der Waals surface area contributed by atoms with Gasteiger partial charge in [-0.2, -0.15) is 0 Å². The first-order valence-electron chi connectivity index (χ1n) is 9.43. The molecule has 0 saturated heterocycles. The molecule has 3 aromatic rings. The summed E-state index contributed by atoms with van der Waals surface area (Å²) in [5.41, 5.74) is 4.20. The molecule has 2 heterocycles. The van der Waals surface area contributed by atoms with Crippen LogP contribution in [0.1, 0.15) is 29.5 Å². The van der Waals surface area contributed by atoms with Gasteiger partial charge in [0.15, 0.2) is 0 Å². The van der Waals surface area contributed by atoms with Crippen molar-refractivity contribution < 1.29 is 14.6 Å². The molecule has 0 bridgehead atoms. The number of hydrogen-bond acceptors (Lipinski definition) is 3. The largest absolute Gasteiger partial charge is 0.491 e. The van der Waals surface area contributed by atoms with Gasteiger partial charge in [0.05, 0.1) is 13.2 Å². The molecular formula is C22H24N2O3. The van der Waals surface area contributed by atoms with Crippen LogP contribution in [0.4, 0.5) is 0 Å². The van der Waals surface area contributed by atoms with Crippen molar-refractivity contribution in [1.29, 1.82) is 0 Å². The summed E-state index contributed by atoms with van der Waals surface area (Å²) in [6, 6.07) is 13.9. The molecule has 1 aliphatic rings. The van der Waals surface area contributed by atoms with Gasteiger partial charge in [-0.15, -0.1) is 0 Å². The number of aromatic nitrogens is 1. The highest BCUT2D eigenvalue weighted by molar-refractivity contribution is 5.83. The molecule has 0 fully saturated rings. The van der Waals surface area contributed by atoms with Crippen molar-refractivity contribution in [3.8, 4) is 5.75 Å². The smallest absolute Gasteiger partial charge is 0.222 e. The summed E-state index contributed by atoms with van der Waals surface area (Å²) in [6.45, 7) is 1.62. The normalized spacial score (nSPS) is 13.9. The highest BCUT2D eigenvalue weighted by Crippen LogP contribution is 2.25. The maximum atomic E-state index is 12.7. The molecular weight excluding hydrogens is 340 g/mol. The number of fused-ring (bicyclic) bond motifs is 2. The molecule has 0 spiro atoms. The number of amides is 1. The average molecular weight is 364 g/mol. The summed E-state index contributed by atoms with van der Waals surface area (Å²) in [4.78, 5) is 17.9. The van der Waals surface area contributed by atoms with Crippen molar-refractivity contribution in [2.45, 2.75) is 32.4 Å². The number of benzene rings is 2. The number of H-pyrrole nitrogens is 1. The number of rotatable bonds is 5. The number of aliphatic hydroxyl groups is 1. The second-order valence-corrected chi connectivity index (χ2v) is 6.98. The highest BCUT2D eigenvalue weighted by Gasteiger charge is 2.20. The molecule has 5 nitrogen and oxygen atoms in total. The average Bonchev–Trinajstić information content (AvgIpc) is 2.98. The van der Waals surface area contributed by atoms with Gasteiger partial charge in [0, 0.05) is 35.6 Å². The summed E-state index contributed by atoms with van der Waals surface area (Å²) >= 11 is 0. The fraction of sp³-hybridized carbons (Fsp3) is 0.318. The van der Waals surface area contributed by atoms with Crippen LogP contribution in [0.15, 0.2) is 48.7 Å². The van der Waals surface area contributed by atoms with Gasteiger partial charge in [-0.25, -0.2) is 0 Å². The van der Waals surface area contributed by atoms with Crippen molar-refractivity contribution in [2.24, 2.45) is 0 Å². The first-order valence-corrected chi connectivity index (χ1v) is 9.43. The van der Waals surface area contributed by atoms with E-state index in [1.165, 1.54) is 10.9 Å². The van der Waals surface area contributed by atoms with Crippen LogP contribution in [0.2, 0.25) is 0 Å². The number of nitrogens with one attached hydrogen (secondary N) is 1. The van der Waals surface area contributed by atoms with Gasteiger partial charge in [-0.05, 0) is 42.2 Å². The van der Waals surface area contributed by atoms with Gasteiger partial charge in [0.2, 0.25) is 5.91 Å². The zero-order valence-corrected chi connectivity index (χ0v) is 15.3. The SMILES string of the molecule is O=C(CCCc1c[nH]c2ccccc12)N1CCOc2ccc(CO)cc2C1. The summed E-state index contributed by atoms with van der Waals surface area (Å²) in [7, 11) is 0. The van der Waals surface area contributed by atoms with E-state index in [1.807, 2.05) is 41.4 Å². The van der Waals surface area contributed by atoms with Crippen molar-refractivity contribution in [2.75, 3.05) is 13.2 Å². The van der Waals surface area contributed by atoms with Gasteiger partial charge in [-0.3, -0.25) is 4.79 Å². The molecule has 2 aromatic carbocycles. The van der Waals surface area contributed by atoms with Crippen LogP contribution in [-0.4, -0.2) is 34.0 Å². The molecule has 27 heavy (non-hydrogen) atoms. The fourth-order valence-electron chi connectivity index (χ4n) is 3.69. The number of aromatic amines is 1. The van der Waals surface area contributed by atoms with Crippen LogP contribution in [0, 0.1) is 0 Å². The van der Waals surface area contributed by atoms with Crippen LogP contribution in [0.5, 0.6) is 5.75 Å². The van der Waals surface area contributed by atoms with Crippen LogP contribution in [0.3, 0.4) is 0 Å². The zero-order valence-electron chi connectivity index (χ0n) is 15.3. The first kappa shape index (κ1) is 17.6. The Labute approximate surface area is 158 Å². The van der Waals surface area contributed by atoms with Crippen LogP contribution in [0.25, 0.3) is 10.9 Å². The molecule has 4 rings (SSSR count). The summed E-state index contributed by atoms with van der Waals surface area (Å²) < 4.78 is 5.76. The third-order valence-corrected chi connectivity index (χ3v) is 5.15. The standard InChI is InChI=1S/C22H24N2O3/c25-15-16-8-9-21-18(12-16)14-24(10-11-27-21)22(26)7-3-4-17-13-23-20-6-2-1-5-19(17)20/h1-2,5-6,8-9,12-13,23,25H,3-4,7,10-11,14-15H2. The number of ether oxygens (including phenoxy) is 1. The zero-order chi connectivity index (χ0) is 18.6. The minimum absolute atomic E-state index is 0.00809.